The van der Waals surface area contributed by atoms with E-state index >= 15 is 0 Å². The number of benzene rings is 1. The van der Waals surface area contributed by atoms with Crippen molar-refractivity contribution in [1.82, 2.24) is 9.97 Å². The SMILES string of the molecule is CCCNc1nc(C)nc(Sc2cc(C)ccc2C)c1C. The topological polar surface area (TPSA) is 37.8 Å². The molecule has 0 bridgehead atoms. The van der Waals surface area contributed by atoms with Gasteiger partial charge in [0.15, 0.2) is 0 Å². The molecule has 0 atom stereocenters. The standard InChI is InChI=1S/C17H23N3S/c1-6-9-18-16-13(4)17(20-14(5)19-16)21-15-10-11(2)7-8-12(15)3/h7-8,10H,6,9H2,1-5H3,(H,18,19,20). The quantitative estimate of drug-likeness (QED) is 0.813. The zero-order chi connectivity index (χ0) is 15.4. The van der Waals surface area contributed by atoms with Gasteiger partial charge in [-0.2, -0.15) is 0 Å². The van der Waals surface area contributed by atoms with Gasteiger partial charge in [0.25, 0.3) is 0 Å². The van der Waals surface area contributed by atoms with Crippen molar-refractivity contribution in [2.24, 2.45) is 0 Å². The highest BCUT2D eigenvalue weighted by molar-refractivity contribution is 7.99. The van der Waals surface area contributed by atoms with Crippen LogP contribution in [0.25, 0.3) is 0 Å². The van der Waals surface area contributed by atoms with Gasteiger partial charge in [0, 0.05) is 17.0 Å². The van der Waals surface area contributed by atoms with Crippen molar-refractivity contribution in [3.8, 4) is 0 Å². The number of aryl methyl sites for hydroxylation is 3. The highest BCUT2D eigenvalue weighted by atomic mass is 32.2. The Morgan fingerprint density at radius 1 is 1.10 bits per heavy atom. The molecule has 0 amide bonds. The van der Waals surface area contributed by atoms with E-state index in [1.54, 1.807) is 11.8 Å². The summed E-state index contributed by atoms with van der Waals surface area (Å²) >= 11 is 1.73. The van der Waals surface area contributed by atoms with Crippen LogP contribution >= 0.6 is 11.8 Å². The fourth-order valence-electron chi connectivity index (χ4n) is 2.04. The monoisotopic (exact) mass is 301 g/mol. The molecule has 1 aromatic carbocycles. The molecule has 1 N–H and O–H groups in total. The maximum absolute atomic E-state index is 4.62. The summed E-state index contributed by atoms with van der Waals surface area (Å²) < 4.78 is 0. The molecule has 0 saturated heterocycles. The van der Waals surface area contributed by atoms with Gasteiger partial charge in [-0.25, -0.2) is 9.97 Å². The molecule has 112 valence electrons. The van der Waals surface area contributed by atoms with E-state index in [1.807, 2.05) is 6.92 Å². The molecule has 1 heterocycles. The van der Waals surface area contributed by atoms with Gasteiger partial charge >= 0.3 is 0 Å². The van der Waals surface area contributed by atoms with Crippen LogP contribution in [0.1, 0.15) is 35.9 Å². The van der Waals surface area contributed by atoms with Gasteiger partial charge in [-0.15, -0.1) is 0 Å². The molecule has 21 heavy (non-hydrogen) atoms. The average molecular weight is 301 g/mol. The summed E-state index contributed by atoms with van der Waals surface area (Å²) in [5.41, 5.74) is 3.68. The van der Waals surface area contributed by atoms with Crippen LogP contribution in [0.15, 0.2) is 28.1 Å². The Morgan fingerprint density at radius 3 is 2.57 bits per heavy atom. The molecule has 0 unspecified atom stereocenters. The third-order valence-corrected chi connectivity index (χ3v) is 4.56. The smallest absolute Gasteiger partial charge is 0.133 e. The Morgan fingerprint density at radius 2 is 1.86 bits per heavy atom. The Balaban J connectivity index is 2.35. The first kappa shape index (κ1) is 15.8. The molecule has 4 heteroatoms. The van der Waals surface area contributed by atoms with Crippen molar-refractivity contribution >= 4 is 17.6 Å². The predicted octanol–water partition coefficient (Wildman–Crippen LogP) is 4.68. The van der Waals surface area contributed by atoms with Crippen LogP contribution in [-0.4, -0.2) is 16.5 Å². The number of rotatable bonds is 5. The molecule has 2 aromatic rings. The van der Waals surface area contributed by atoms with Crippen molar-refractivity contribution < 1.29 is 0 Å². The summed E-state index contributed by atoms with van der Waals surface area (Å²) in [6.45, 7) is 11.4. The largest absolute Gasteiger partial charge is 0.370 e. The van der Waals surface area contributed by atoms with Crippen molar-refractivity contribution in [2.45, 2.75) is 51.0 Å². The van der Waals surface area contributed by atoms with Gasteiger partial charge in [-0.1, -0.05) is 30.8 Å². The first-order valence-electron chi connectivity index (χ1n) is 7.35. The van der Waals surface area contributed by atoms with Crippen molar-refractivity contribution in [3.05, 3.63) is 40.7 Å². The van der Waals surface area contributed by atoms with E-state index in [-0.39, 0.29) is 0 Å². The highest BCUT2D eigenvalue weighted by Crippen LogP contribution is 2.33. The Labute approximate surface area is 131 Å². The van der Waals surface area contributed by atoms with E-state index in [9.17, 15) is 0 Å². The zero-order valence-electron chi connectivity index (χ0n) is 13.4. The molecule has 0 fully saturated rings. The molecule has 3 nitrogen and oxygen atoms in total. The molecule has 0 saturated carbocycles. The van der Waals surface area contributed by atoms with Crippen LogP contribution in [-0.2, 0) is 0 Å². The van der Waals surface area contributed by atoms with Gasteiger partial charge in [0.1, 0.15) is 16.7 Å². The maximum atomic E-state index is 4.62. The van der Waals surface area contributed by atoms with E-state index in [2.05, 4.69) is 61.2 Å². The molecule has 0 aliphatic carbocycles. The van der Waals surface area contributed by atoms with Gasteiger partial charge < -0.3 is 5.32 Å². The average Bonchev–Trinajstić information content (AvgIpc) is 2.44. The summed E-state index contributed by atoms with van der Waals surface area (Å²) in [5, 5.41) is 4.43. The first-order chi connectivity index (χ1) is 10.0. The second-order valence-electron chi connectivity index (χ2n) is 5.35. The highest BCUT2D eigenvalue weighted by Gasteiger charge is 2.11. The minimum atomic E-state index is 0.812. The molecule has 0 spiro atoms. The van der Waals surface area contributed by atoms with Crippen LogP contribution in [0, 0.1) is 27.7 Å². The summed E-state index contributed by atoms with van der Waals surface area (Å²) in [7, 11) is 0. The maximum Gasteiger partial charge on any atom is 0.133 e. The van der Waals surface area contributed by atoms with Crippen molar-refractivity contribution in [1.29, 1.82) is 0 Å². The van der Waals surface area contributed by atoms with Crippen molar-refractivity contribution in [3.63, 3.8) is 0 Å². The fourth-order valence-corrected chi connectivity index (χ4v) is 3.15. The van der Waals surface area contributed by atoms with Gasteiger partial charge in [0.05, 0.1) is 0 Å². The van der Waals surface area contributed by atoms with E-state index in [0.717, 1.165) is 35.2 Å². The van der Waals surface area contributed by atoms with Crippen LogP contribution in [0.5, 0.6) is 0 Å². The second-order valence-corrected chi connectivity index (χ2v) is 6.38. The number of nitrogens with zero attached hydrogens (tertiary/aromatic N) is 2. The normalized spacial score (nSPS) is 10.7. The summed E-state index contributed by atoms with van der Waals surface area (Å²) in [4.78, 5) is 10.4. The summed E-state index contributed by atoms with van der Waals surface area (Å²) in [6, 6.07) is 6.53. The van der Waals surface area contributed by atoms with Gasteiger partial charge in [-0.05, 0) is 51.3 Å². The van der Waals surface area contributed by atoms with Crippen LogP contribution in [0.2, 0.25) is 0 Å². The van der Waals surface area contributed by atoms with Crippen LogP contribution in [0.4, 0.5) is 5.82 Å². The minimum Gasteiger partial charge on any atom is -0.370 e. The van der Waals surface area contributed by atoms with E-state index in [1.165, 1.54) is 16.0 Å². The predicted molar refractivity (Wildman–Crippen MR) is 90.3 cm³/mol. The zero-order valence-corrected chi connectivity index (χ0v) is 14.3. The molecule has 2 rings (SSSR count). The molecule has 0 aliphatic heterocycles. The second kappa shape index (κ2) is 6.94. The molecular formula is C17H23N3S. The third kappa shape index (κ3) is 3.97. The third-order valence-electron chi connectivity index (χ3n) is 3.31. The van der Waals surface area contributed by atoms with Gasteiger partial charge in [0.2, 0.25) is 0 Å². The van der Waals surface area contributed by atoms with E-state index < -0.39 is 0 Å². The van der Waals surface area contributed by atoms with E-state index in [0.29, 0.717) is 0 Å². The lowest BCUT2D eigenvalue weighted by atomic mass is 10.2. The Kier molecular flexibility index (Phi) is 5.23. The summed E-state index contributed by atoms with van der Waals surface area (Å²) in [6.07, 6.45) is 1.09. The van der Waals surface area contributed by atoms with Crippen LogP contribution < -0.4 is 5.32 Å². The molecule has 0 radical (unpaired) electrons. The Hall–Kier alpha value is -1.55. The minimum absolute atomic E-state index is 0.812. The number of nitrogens with one attached hydrogen (secondary N) is 1. The van der Waals surface area contributed by atoms with Gasteiger partial charge in [-0.3, -0.25) is 0 Å². The lowest BCUT2D eigenvalue weighted by Gasteiger charge is -2.13. The van der Waals surface area contributed by atoms with E-state index in [4.69, 9.17) is 0 Å². The van der Waals surface area contributed by atoms with Crippen LogP contribution in [0.3, 0.4) is 0 Å². The molecule has 0 aliphatic rings. The number of hydrogen-bond acceptors (Lipinski definition) is 4. The fraction of sp³-hybridized carbons (Fsp3) is 0.412. The number of hydrogen-bond donors (Lipinski definition) is 1. The molecule has 1 aromatic heterocycles. The van der Waals surface area contributed by atoms with Crippen molar-refractivity contribution in [2.75, 3.05) is 11.9 Å². The molecular weight excluding hydrogens is 278 g/mol. The Bertz CT molecular complexity index is 638. The number of anilines is 1. The lowest BCUT2D eigenvalue weighted by Crippen LogP contribution is -2.07. The number of aromatic nitrogens is 2. The summed E-state index contributed by atoms with van der Waals surface area (Å²) in [5.74, 6) is 1.77. The lowest BCUT2D eigenvalue weighted by molar-refractivity contribution is 0.908. The first-order valence-corrected chi connectivity index (χ1v) is 8.17.